The number of fused-ring (bicyclic) bond motifs is 3. The van der Waals surface area contributed by atoms with Crippen LogP contribution >= 0.6 is 0 Å². The quantitative estimate of drug-likeness (QED) is 0.770. The summed E-state index contributed by atoms with van der Waals surface area (Å²) >= 11 is 0. The van der Waals surface area contributed by atoms with Crippen LogP contribution in [0.5, 0.6) is 0 Å². The fourth-order valence-electron chi connectivity index (χ4n) is 3.81. The zero-order valence-electron chi connectivity index (χ0n) is 14.3. The highest BCUT2D eigenvalue weighted by atomic mass is 16.2. The summed E-state index contributed by atoms with van der Waals surface area (Å²) in [6.07, 6.45) is 6.19. The Hall–Kier alpha value is -2.63. The van der Waals surface area contributed by atoms with Crippen LogP contribution in [0.1, 0.15) is 32.6 Å². The maximum Gasteiger partial charge on any atom is 0.291 e. The molecule has 0 bridgehead atoms. The zero-order valence-corrected chi connectivity index (χ0v) is 14.3. The number of hydrogen-bond donors (Lipinski definition) is 2. The molecule has 1 aliphatic rings. The van der Waals surface area contributed by atoms with Gasteiger partial charge in [0.15, 0.2) is 0 Å². The predicted molar refractivity (Wildman–Crippen MR) is 97.4 cm³/mol. The molecule has 1 fully saturated rings. The van der Waals surface area contributed by atoms with Gasteiger partial charge < -0.3 is 10.3 Å². The molecule has 3 aromatic rings. The molecule has 1 aromatic carbocycles. The van der Waals surface area contributed by atoms with Crippen LogP contribution in [-0.2, 0) is 11.3 Å². The van der Waals surface area contributed by atoms with Gasteiger partial charge in [-0.05, 0) is 24.8 Å². The first-order valence-corrected chi connectivity index (χ1v) is 8.89. The highest BCUT2D eigenvalue weighted by Crippen LogP contribution is 2.24. The van der Waals surface area contributed by atoms with Crippen molar-refractivity contribution in [1.29, 1.82) is 0 Å². The number of rotatable bonds is 3. The van der Waals surface area contributed by atoms with Gasteiger partial charge in [-0.1, -0.05) is 38.0 Å². The Morgan fingerprint density at radius 3 is 2.92 bits per heavy atom. The molecule has 6 heteroatoms. The summed E-state index contributed by atoms with van der Waals surface area (Å²) in [7, 11) is 0. The molecule has 2 heterocycles. The lowest BCUT2D eigenvalue weighted by Gasteiger charge is -2.29. The molecule has 2 N–H and O–H groups in total. The van der Waals surface area contributed by atoms with Crippen molar-refractivity contribution in [2.45, 2.75) is 45.2 Å². The molecule has 4 rings (SSSR count). The minimum absolute atomic E-state index is 0.0483. The number of benzene rings is 1. The van der Waals surface area contributed by atoms with Crippen LogP contribution in [0.4, 0.5) is 0 Å². The van der Waals surface area contributed by atoms with Gasteiger partial charge in [0.05, 0.1) is 6.20 Å². The van der Waals surface area contributed by atoms with E-state index in [2.05, 4.69) is 22.3 Å². The van der Waals surface area contributed by atoms with Gasteiger partial charge in [0.2, 0.25) is 5.91 Å². The highest BCUT2D eigenvalue weighted by molar-refractivity contribution is 6.06. The molecular formula is C19H22N4O2. The van der Waals surface area contributed by atoms with Crippen molar-refractivity contribution in [3.05, 3.63) is 40.8 Å². The van der Waals surface area contributed by atoms with Crippen molar-refractivity contribution < 1.29 is 4.79 Å². The molecule has 2 aromatic heterocycles. The second kappa shape index (κ2) is 6.35. The molecule has 0 spiro atoms. The average molecular weight is 338 g/mol. The highest BCUT2D eigenvalue weighted by Gasteiger charge is 2.23. The van der Waals surface area contributed by atoms with E-state index in [-0.39, 0.29) is 24.1 Å². The summed E-state index contributed by atoms with van der Waals surface area (Å²) in [6, 6.07) is 7.93. The first-order valence-electron chi connectivity index (χ1n) is 8.89. The molecule has 6 nitrogen and oxygen atoms in total. The number of carbonyl (C=O) groups is 1. The molecule has 1 aliphatic carbocycles. The molecule has 0 aliphatic heterocycles. The number of nitrogens with one attached hydrogen (secondary N) is 2. The van der Waals surface area contributed by atoms with E-state index in [4.69, 9.17) is 0 Å². The fourth-order valence-corrected chi connectivity index (χ4v) is 3.81. The van der Waals surface area contributed by atoms with Gasteiger partial charge in [-0.2, -0.15) is 5.10 Å². The number of para-hydroxylation sites is 1. The van der Waals surface area contributed by atoms with E-state index < -0.39 is 0 Å². The van der Waals surface area contributed by atoms with Crippen molar-refractivity contribution in [1.82, 2.24) is 20.1 Å². The summed E-state index contributed by atoms with van der Waals surface area (Å²) in [5.41, 5.74) is 1.13. The van der Waals surface area contributed by atoms with Crippen molar-refractivity contribution in [2.24, 2.45) is 5.92 Å². The number of nitrogens with zero attached hydrogens (tertiary/aromatic N) is 2. The number of hydrogen-bond acceptors (Lipinski definition) is 3. The SMILES string of the molecule is C[C@@H]1CCCC[C@H]1NC(=O)Cn1ncc2c([nH]c3ccccc32)c1=O. The van der Waals surface area contributed by atoms with E-state index in [0.717, 1.165) is 35.6 Å². The van der Waals surface area contributed by atoms with Crippen LogP contribution in [0, 0.1) is 5.92 Å². The second-order valence-electron chi connectivity index (χ2n) is 7.00. The van der Waals surface area contributed by atoms with Gasteiger partial charge in [-0.3, -0.25) is 9.59 Å². The molecule has 1 amide bonds. The minimum Gasteiger partial charge on any atom is -0.351 e. The van der Waals surface area contributed by atoms with Crippen molar-refractivity contribution >= 4 is 27.7 Å². The van der Waals surface area contributed by atoms with Crippen LogP contribution < -0.4 is 10.9 Å². The average Bonchev–Trinajstić information content (AvgIpc) is 2.99. The lowest BCUT2D eigenvalue weighted by Crippen LogP contribution is -2.43. The third-order valence-corrected chi connectivity index (χ3v) is 5.27. The summed E-state index contributed by atoms with van der Waals surface area (Å²) in [5.74, 6) is 0.336. The number of aromatic amines is 1. The molecule has 0 saturated heterocycles. The van der Waals surface area contributed by atoms with Crippen molar-refractivity contribution in [3.8, 4) is 0 Å². The first kappa shape index (κ1) is 15.9. The Balaban J connectivity index is 1.59. The number of amides is 1. The van der Waals surface area contributed by atoms with Gasteiger partial charge in [0, 0.05) is 22.3 Å². The third-order valence-electron chi connectivity index (χ3n) is 5.27. The van der Waals surface area contributed by atoms with Gasteiger partial charge in [0.1, 0.15) is 12.1 Å². The van der Waals surface area contributed by atoms with Gasteiger partial charge in [-0.25, -0.2) is 4.68 Å². The largest absolute Gasteiger partial charge is 0.351 e. The van der Waals surface area contributed by atoms with E-state index in [9.17, 15) is 9.59 Å². The van der Waals surface area contributed by atoms with Crippen LogP contribution in [0.2, 0.25) is 0 Å². The third kappa shape index (κ3) is 2.92. The first-order chi connectivity index (χ1) is 12.1. The van der Waals surface area contributed by atoms with Gasteiger partial charge >= 0.3 is 0 Å². The lowest BCUT2D eigenvalue weighted by atomic mass is 9.86. The van der Waals surface area contributed by atoms with Crippen LogP contribution in [0.3, 0.4) is 0 Å². The molecule has 0 unspecified atom stereocenters. The normalized spacial score (nSPS) is 20.8. The van der Waals surface area contributed by atoms with Crippen LogP contribution in [0.15, 0.2) is 35.3 Å². The maximum atomic E-state index is 12.7. The standard InChI is InChI=1S/C19H22N4O2/c1-12-6-2-4-8-15(12)21-17(24)11-23-19(25)18-14(10-20-23)13-7-3-5-9-16(13)22-18/h3,5,7,9-10,12,15,22H,2,4,6,8,11H2,1H3,(H,21,24)/t12-,15-/m1/s1. The molecule has 130 valence electrons. The van der Waals surface area contributed by atoms with Crippen molar-refractivity contribution in [2.75, 3.05) is 0 Å². The molecule has 0 radical (unpaired) electrons. The Morgan fingerprint density at radius 2 is 2.08 bits per heavy atom. The van der Waals surface area contributed by atoms with Crippen LogP contribution in [-0.4, -0.2) is 26.7 Å². The molecule has 2 atom stereocenters. The molecule has 1 saturated carbocycles. The number of aromatic nitrogens is 3. The topological polar surface area (TPSA) is 79.8 Å². The summed E-state index contributed by atoms with van der Waals surface area (Å²) in [6.45, 7) is 2.12. The summed E-state index contributed by atoms with van der Waals surface area (Å²) < 4.78 is 1.24. The monoisotopic (exact) mass is 338 g/mol. The lowest BCUT2D eigenvalue weighted by molar-refractivity contribution is -0.123. The smallest absolute Gasteiger partial charge is 0.291 e. The Morgan fingerprint density at radius 1 is 1.28 bits per heavy atom. The van der Waals surface area contributed by atoms with Gasteiger partial charge in [-0.15, -0.1) is 0 Å². The Labute approximate surface area is 145 Å². The van der Waals surface area contributed by atoms with E-state index in [1.54, 1.807) is 6.20 Å². The second-order valence-corrected chi connectivity index (χ2v) is 7.00. The Kier molecular flexibility index (Phi) is 4.03. The van der Waals surface area contributed by atoms with E-state index in [0.29, 0.717) is 11.4 Å². The summed E-state index contributed by atoms with van der Waals surface area (Å²) in [4.78, 5) is 28.2. The van der Waals surface area contributed by atoms with E-state index in [1.807, 2.05) is 24.3 Å². The zero-order chi connectivity index (χ0) is 17.4. The minimum atomic E-state index is -0.263. The van der Waals surface area contributed by atoms with Crippen LogP contribution in [0.25, 0.3) is 21.8 Å². The fraction of sp³-hybridized carbons (Fsp3) is 0.421. The maximum absolute atomic E-state index is 12.7. The van der Waals surface area contributed by atoms with E-state index >= 15 is 0 Å². The molecule has 25 heavy (non-hydrogen) atoms. The number of H-pyrrole nitrogens is 1. The van der Waals surface area contributed by atoms with Crippen molar-refractivity contribution in [3.63, 3.8) is 0 Å². The predicted octanol–water partition coefficient (Wildman–Crippen LogP) is 2.57. The molecular weight excluding hydrogens is 316 g/mol. The summed E-state index contributed by atoms with van der Waals surface area (Å²) in [5, 5.41) is 9.03. The van der Waals surface area contributed by atoms with E-state index in [1.165, 1.54) is 11.1 Å². The Bertz CT molecular complexity index is 988. The van der Waals surface area contributed by atoms with Gasteiger partial charge in [0.25, 0.3) is 5.56 Å². The number of carbonyl (C=O) groups excluding carboxylic acids is 1.